The summed E-state index contributed by atoms with van der Waals surface area (Å²) in [6.45, 7) is 6.13. The fourth-order valence-corrected chi connectivity index (χ4v) is 2.87. The van der Waals surface area contributed by atoms with Crippen LogP contribution in [0.5, 0.6) is 0 Å². The predicted octanol–water partition coefficient (Wildman–Crippen LogP) is 2.62. The molecule has 0 fully saturated rings. The Morgan fingerprint density at radius 3 is 2.79 bits per heavy atom. The molecule has 0 aliphatic heterocycles. The summed E-state index contributed by atoms with van der Waals surface area (Å²) in [5.74, 6) is 1.58. The molecule has 6 heteroatoms. The smallest absolute Gasteiger partial charge is 0.254 e. The molecule has 0 amide bonds. The van der Waals surface area contributed by atoms with Crippen LogP contribution >= 0.6 is 0 Å². The summed E-state index contributed by atoms with van der Waals surface area (Å²) >= 11 is 0. The van der Waals surface area contributed by atoms with Crippen LogP contribution in [-0.2, 0) is 13.0 Å². The molecule has 0 aliphatic rings. The first kappa shape index (κ1) is 16.4. The van der Waals surface area contributed by atoms with E-state index < -0.39 is 0 Å². The fourth-order valence-electron chi connectivity index (χ4n) is 2.87. The van der Waals surface area contributed by atoms with Crippen molar-refractivity contribution in [2.45, 2.75) is 32.9 Å². The van der Waals surface area contributed by atoms with Crippen LogP contribution in [0.25, 0.3) is 5.78 Å². The molecule has 1 atom stereocenters. The van der Waals surface area contributed by atoms with E-state index in [1.165, 1.54) is 5.56 Å². The first-order valence-electron chi connectivity index (χ1n) is 8.34. The monoisotopic (exact) mass is 324 g/mol. The molecule has 1 unspecified atom stereocenters. The highest BCUT2D eigenvalue weighted by Gasteiger charge is 2.11. The van der Waals surface area contributed by atoms with Crippen LogP contribution in [0.2, 0.25) is 0 Å². The van der Waals surface area contributed by atoms with Gasteiger partial charge in [-0.25, -0.2) is 4.98 Å². The molecule has 2 heterocycles. The molecule has 6 nitrogen and oxygen atoms in total. The molecule has 1 aromatic carbocycles. The topological polar surface area (TPSA) is 58.4 Å². The van der Waals surface area contributed by atoms with E-state index in [4.69, 9.17) is 0 Å². The van der Waals surface area contributed by atoms with E-state index in [0.29, 0.717) is 5.78 Å². The number of nitrogens with one attached hydrogen (secondary N) is 1. The van der Waals surface area contributed by atoms with Gasteiger partial charge >= 0.3 is 0 Å². The molecule has 0 radical (unpaired) electrons. The van der Waals surface area contributed by atoms with Crippen molar-refractivity contribution in [3.05, 3.63) is 54.0 Å². The van der Waals surface area contributed by atoms with Gasteiger partial charge in [-0.1, -0.05) is 37.3 Å². The van der Waals surface area contributed by atoms with Crippen molar-refractivity contribution in [3.63, 3.8) is 0 Å². The predicted molar refractivity (Wildman–Crippen MR) is 96.0 cm³/mol. The first-order valence-corrected chi connectivity index (χ1v) is 8.34. The quantitative estimate of drug-likeness (QED) is 0.724. The molecule has 3 rings (SSSR count). The van der Waals surface area contributed by atoms with E-state index in [2.05, 4.69) is 76.5 Å². The van der Waals surface area contributed by atoms with Gasteiger partial charge in [0.15, 0.2) is 0 Å². The number of fused-ring (bicyclic) bond motifs is 1. The third kappa shape index (κ3) is 3.89. The Balaban J connectivity index is 1.66. The van der Waals surface area contributed by atoms with E-state index in [0.717, 1.165) is 31.0 Å². The summed E-state index contributed by atoms with van der Waals surface area (Å²) in [6.07, 6.45) is 2.42. The molecule has 3 aromatic rings. The van der Waals surface area contributed by atoms with Gasteiger partial charge in [0.2, 0.25) is 0 Å². The fraction of sp³-hybridized carbons (Fsp3) is 0.389. The van der Waals surface area contributed by atoms with Crippen molar-refractivity contribution in [2.75, 3.05) is 18.9 Å². The summed E-state index contributed by atoms with van der Waals surface area (Å²) in [5, 5.41) is 7.80. The molecular weight excluding hydrogens is 300 g/mol. The van der Waals surface area contributed by atoms with E-state index >= 15 is 0 Å². The zero-order valence-corrected chi connectivity index (χ0v) is 14.5. The second-order valence-electron chi connectivity index (χ2n) is 6.19. The van der Waals surface area contributed by atoms with Crippen LogP contribution in [0.15, 0.2) is 42.7 Å². The maximum absolute atomic E-state index is 4.48. The standard InChI is InChI=1S/C18H24N6/c1-4-16-10-17(24-18(22-16)19-13-20-24)21-14(2)11-23(3)12-15-8-6-5-7-9-15/h5-10,13-14,21H,4,11-12H2,1-3H3. The third-order valence-corrected chi connectivity index (χ3v) is 3.94. The number of aromatic nitrogens is 4. The summed E-state index contributed by atoms with van der Waals surface area (Å²) < 4.78 is 1.76. The Morgan fingerprint density at radius 1 is 1.25 bits per heavy atom. The van der Waals surface area contributed by atoms with Gasteiger partial charge in [0.1, 0.15) is 12.1 Å². The Labute approximate surface area is 142 Å². The largest absolute Gasteiger partial charge is 0.366 e. The number of hydrogen-bond acceptors (Lipinski definition) is 5. The minimum absolute atomic E-state index is 0.276. The number of rotatable bonds is 7. The lowest BCUT2D eigenvalue weighted by atomic mass is 10.2. The SMILES string of the molecule is CCc1cc(NC(C)CN(C)Cc2ccccc2)n2ncnc2n1. The summed E-state index contributed by atoms with van der Waals surface area (Å²) in [5.41, 5.74) is 2.34. The van der Waals surface area contributed by atoms with E-state index in [1.807, 2.05) is 6.07 Å². The molecule has 0 saturated heterocycles. The van der Waals surface area contributed by atoms with Gasteiger partial charge in [-0.15, -0.1) is 0 Å². The molecule has 0 spiro atoms. The maximum atomic E-state index is 4.48. The molecule has 2 aromatic heterocycles. The minimum Gasteiger partial charge on any atom is -0.366 e. The van der Waals surface area contributed by atoms with Gasteiger partial charge in [0, 0.05) is 30.9 Å². The molecular formula is C18H24N6. The van der Waals surface area contributed by atoms with Crippen LogP contribution < -0.4 is 5.32 Å². The Kier molecular flexibility index (Phi) is 5.05. The van der Waals surface area contributed by atoms with Gasteiger partial charge in [-0.2, -0.15) is 14.6 Å². The number of aryl methyl sites for hydroxylation is 1. The van der Waals surface area contributed by atoms with Crippen molar-refractivity contribution in [2.24, 2.45) is 0 Å². The summed E-state index contributed by atoms with van der Waals surface area (Å²) in [7, 11) is 2.14. The van der Waals surface area contributed by atoms with Crippen LogP contribution in [0.1, 0.15) is 25.1 Å². The number of nitrogens with zero attached hydrogens (tertiary/aromatic N) is 5. The van der Waals surface area contributed by atoms with Crippen LogP contribution in [0.4, 0.5) is 5.82 Å². The number of likely N-dealkylation sites (N-methyl/N-ethyl adjacent to an activating group) is 1. The molecule has 126 valence electrons. The van der Waals surface area contributed by atoms with Gasteiger partial charge in [0.25, 0.3) is 5.78 Å². The lowest BCUT2D eigenvalue weighted by Crippen LogP contribution is -2.32. The van der Waals surface area contributed by atoms with Gasteiger partial charge < -0.3 is 10.2 Å². The molecule has 0 saturated carbocycles. The minimum atomic E-state index is 0.276. The van der Waals surface area contributed by atoms with Crippen LogP contribution in [0, 0.1) is 0 Å². The number of anilines is 1. The molecule has 24 heavy (non-hydrogen) atoms. The van der Waals surface area contributed by atoms with Crippen LogP contribution in [0.3, 0.4) is 0 Å². The highest BCUT2D eigenvalue weighted by molar-refractivity contribution is 5.45. The van der Waals surface area contributed by atoms with Crippen molar-refractivity contribution >= 4 is 11.6 Å². The average molecular weight is 324 g/mol. The average Bonchev–Trinajstić information content (AvgIpc) is 3.04. The summed E-state index contributed by atoms with van der Waals surface area (Å²) in [6, 6.07) is 12.8. The molecule has 0 aliphatic carbocycles. The van der Waals surface area contributed by atoms with Gasteiger partial charge in [-0.05, 0) is 26.0 Å². The number of hydrogen-bond donors (Lipinski definition) is 1. The zero-order valence-electron chi connectivity index (χ0n) is 14.5. The van der Waals surface area contributed by atoms with Crippen molar-refractivity contribution < 1.29 is 0 Å². The summed E-state index contributed by atoms with van der Waals surface area (Å²) in [4.78, 5) is 11.0. The van der Waals surface area contributed by atoms with E-state index in [1.54, 1.807) is 10.8 Å². The zero-order chi connectivity index (χ0) is 16.9. The van der Waals surface area contributed by atoms with Gasteiger partial charge in [-0.3, -0.25) is 0 Å². The van der Waals surface area contributed by atoms with Crippen molar-refractivity contribution in [1.82, 2.24) is 24.5 Å². The number of benzene rings is 1. The lowest BCUT2D eigenvalue weighted by molar-refractivity contribution is 0.316. The highest BCUT2D eigenvalue weighted by atomic mass is 15.4. The first-order chi connectivity index (χ1) is 11.7. The van der Waals surface area contributed by atoms with E-state index in [9.17, 15) is 0 Å². The second-order valence-corrected chi connectivity index (χ2v) is 6.19. The molecule has 1 N–H and O–H groups in total. The van der Waals surface area contributed by atoms with Gasteiger partial charge in [0.05, 0.1) is 0 Å². The Morgan fingerprint density at radius 2 is 2.04 bits per heavy atom. The maximum Gasteiger partial charge on any atom is 0.254 e. The van der Waals surface area contributed by atoms with Crippen molar-refractivity contribution in [1.29, 1.82) is 0 Å². The van der Waals surface area contributed by atoms with Crippen molar-refractivity contribution in [3.8, 4) is 0 Å². The highest BCUT2D eigenvalue weighted by Crippen LogP contribution is 2.13. The van der Waals surface area contributed by atoms with Crippen LogP contribution in [-0.4, -0.2) is 44.1 Å². The molecule has 0 bridgehead atoms. The normalized spacial score (nSPS) is 12.7. The van der Waals surface area contributed by atoms with E-state index in [-0.39, 0.29) is 6.04 Å². The Bertz CT molecular complexity index is 783. The second kappa shape index (κ2) is 7.40. The third-order valence-electron chi connectivity index (χ3n) is 3.94. The lowest BCUT2D eigenvalue weighted by Gasteiger charge is -2.23. The Hall–Kier alpha value is -2.47.